The largest absolute Gasteiger partial charge is 0.477 e. The number of ether oxygens (including phenoxy) is 1. The maximum Gasteiger partial charge on any atom is 0.345 e. The lowest BCUT2D eigenvalue weighted by molar-refractivity contribution is 0.0702. The first-order valence-electron chi connectivity index (χ1n) is 5.31. The van der Waals surface area contributed by atoms with E-state index in [9.17, 15) is 4.79 Å². The minimum Gasteiger partial charge on any atom is -0.477 e. The monoisotopic (exact) mass is 241 g/mol. The van der Waals surface area contributed by atoms with E-state index in [1.807, 2.05) is 12.4 Å². The van der Waals surface area contributed by atoms with Gasteiger partial charge in [0.15, 0.2) is 0 Å². The Morgan fingerprint density at radius 1 is 1.75 bits per heavy atom. The summed E-state index contributed by atoms with van der Waals surface area (Å²) in [5.74, 6) is -0.859. The molecule has 0 aromatic carbocycles. The molecule has 0 spiro atoms. The second-order valence-electron chi connectivity index (χ2n) is 3.99. The van der Waals surface area contributed by atoms with Gasteiger partial charge in [0.1, 0.15) is 4.88 Å². The van der Waals surface area contributed by atoms with Crippen molar-refractivity contribution in [2.75, 3.05) is 25.1 Å². The standard InChI is InChI=1S/C11H15NO3S/c1-12(6-9-3-2-4-15-9)8-5-10(11(13)14)16-7-8/h5,7,9H,2-4,6H2,1H3,(H,13,14). The zero-order valence-electron chi connectivity index (χ0n) is 9.18. The molecule has 0 bridgehead atoms. The Morgan fingerprint density at radius 3 is 3.12 bits per heavy atom. The maximum atomic E-state index is 10.7. The zero-order valence-corrected chi connectivity index (χ0v) is 10.00. The summed E-state index contributed by atoms with van der Waals surface area (Å²) in [6.45, 7) is 1.68. The molecule has 1 saturated heterocycles. The highest BCUT2D eigenvalue weighted by Crippen LogP contribution is 2.24. The van der Waals surface area contributed by atoms with Crippen LogP contribution >= 0.6 is 11.3 Å². The molecule has 1 atom stereocenters. The average molecular weight is 241 g/mol. The molecule has 88 valence electrons. The van der Waals surface area contributed by atoms with Gasteiger partial charge in [-0.05, 0) is 18.9 Å². The maximum absolute atomic E-state index is 10.7. The quantitative estimate of drug-likeness (QED) is 0.876. The van der Waals surface area contributed by atoms with Gasteiger partial charge in [-0.25, -0.2) is 4.79 Å². The van der Waals surface area contributed by atoms with E-state index < -0.39 is 5.97 Å². The van der Waals surface area contributed by atoms with Crippen molar-refractivity contribution in [2.45, 2.75) is 18.9 Å². The molecule has 1 aliphatic rings. The summed E-state index contributed by atoms with van der Waals surface area (Å²) in [6.07, 6.45) is 2.51. The van der Waals surface area contributed by atoms with E-state index in [1.54, 1.807) is 6.07 Å². The molecule has 1 aliphatic heterocycles. The number of hydrogen-bond acceptors (Lipinski definition) is 4. The molecule has 2 heterocycles. The Balaban J connectivity index is 1.96. The lowest BCUT2D eigenvalue weighted by Crippen LogP contribution is -2.28. The van der Waals surface area contributed by atoms with E-state index in [1.165, 1.54) is 11.3 Å². The molecule has 16 heavy (non-hydrogen) atoms. The third-order valence-electron chi connectivity index (χ3n) is 2.74. The zero-order chi connectivity index (χ0) is 11.5. The van der Waals surface area contributed by atoms with Gasteiger partial charge in [-0.15, -0.1) is 11.3 Å². The van der Waals surface area contributed by atoms with Crippen LogP contribution in [0.2, 0.25) is 0 Å². The molecule has 1 fully saturated rings. The first kappa shape index (κ1) is 11.4. The summed E-state index contributed by atoms with van der Waals surface area (Å²) < 4.78 is 5.54. The highest BCUT2D eigenvalue weighted by molar-refractivity contribution is 7.12. The number of likely N-dealkylation sites (N-methyl/N-ethyl adjacent to an activating group) is 1. The van der Waals surface area contributed by atoms with E-state index in [4.69, 9.17) is 9.84 Å². The van der Waals surface area contributed by atoms with Crippen LogP contribution in [0.5, 0.6) is 0 Å². The van der Waals surface area contributed by atoms with Crippen molar-refractivity contribution in [1.29, 1.82) is 0 Å². The van der Waals surface area contributed by atoms with Gasteiger partial charge in [-0.1, -0.05) is 0 Å². The number of nitrogens with zero attached hydrogens (tertiary/aromatic N) is 1. The van der Waals surface area contributed by atoms with Crippen LogP contribution in [-0.2, 0) is 4.74 Å². The molecular formula is C11H15NO3S. The predicted molar refractivity (Wildman–Crippen MR) is 63.5 cm³/mol. The van der Waals surface area contributed by atoms with Crippen LogP contribution in [0.25, 0.3) is 0 Å². The molecule has 5 heteroatoms. The van der Waals surface area contributed by atoms with Crippen LogP contribution < -0.4 is 4.90 Å². The molecule has 0 radical (unpaired) electrons. The van der Waals surface area contributed by atoms with Crippen LogP contribution in [0.3, 0.4) is 0 Å². The summed E-state index contributed by atoms with van der Waals surface area (Å²) in [6, 6.07) is 1.71. The second kappa shape index (κ2) is 4.84. The second-order valence-corrected chi connectivity index (χ2v) is 4.90. The smallest absolute Gasteiger partial charge is 0.345 e. The van der Waals surface area contributed by atoms with Crippen molar-refractivity contribution in [3.8, 4) is 0 Å². The molecule has 2 rings (SSSR count). The topological polar surface area (TPSA) is 49.8 Å². The van der Waals surface area contributed by atoms with E-state index in [2.05, 4.69) is 4.90 Å². The van der Waals surface area contributed by atoms with E-state index >= 15 is 0 Å². The van der Waals surface area contributed by atoms with Gasteiger partial charge < -0.3 is 14.7 Å². The average Bonchev–Trinajstić information content (AvgIpc) is 2.86. The van der Waals surface area contributed by atoms with Crippen LogP contribution in [0.1, 0.15) is 22.5 Å². The van der Waals surface area contributed by atoms with Crippen LogP contribution in [0, 0.1) is 0 Å². The van der Waals surface area contributed by atoms with Crippen LogP contribution in [0.4, 0.5) is 5.69 Å². The van der Waals surface area contributed by atoms with Gasteiger partial charge in [0.05, 0.1) is 6.10 Å². The first-order valence-corrected chi connectivity index (χ1v) is 6.19. The minimum atomic E-state index is -0.859. The van der Waals surface area contributed by atoms with Crippen LogP contribution in [-0.4, -0.2) is 37.4 Å². The molecule has 1 aromatic heterocycles. The van der Waals surface area contributed by atoms with Gasteiger partial charge in [0, 0.05) is 31.3 Å². The summed E-state index contributed by atoms with van der Waals surface area (Å²) in [5, 5.41) is 10.7. The summed E-state index contributed by atoms with van der Waals surface area (Å²) in [7, 11) is 1.97. The fourth-order valence-corrected chi connectivity index (χ4v) is 2.62. The van der Waals surface area contributed by atoms with Crippen molar-refractivity contribution in [2.24, 2.45) is 0 Å². The molecule has 0 amide bonds. The number of carboxylic acids is 1. The molecule has 1 unspecified atom stereocenters. The number of aromatic carboxylic acids is 1. The molecule has 0 aliphatic carbocycles. The number of carboxylic acid groups (broad SMARTS) is 1. The highest BCUT2D eigenvalue weighted by atomic mass is 32.1. The van der Waals surface area contributed by atoms with Gasteiger partial charge in [-0.3, -0.25) is 0 Å². The van der Waals surface area contributed by atoms with E-state index in [0.717, 1.165) is 31.7 Å². The summed E-state index contributed by atoms with van der Waals surface area (Å²) in [5.41, 5.74) is 0.956. The van der Waals surface area contributed by atoms with Gasteiger partial charge >= 0.3 is 5.97 Å². The van der Waals surface area contributed by atoms with E-state index in [-0.39, 0.29) is 6.10 Å². The van der Waals surface area contributed by atoms with Crippen LogP contribution in [0.15, 0.2) is 11.4 Å². The van der Waals surface area contributed by atoms with Gasteiger partial charge in [-0.2, -0.15) is 0 Å². The predicted octanol–water partition coefficient (Wildman–Crippen LogP) is 2.06. The highest BCUT2D eigenvalue weighted by Gasteiger charge is 2.18. The first-order chi connectivity index (χ1) is 7.66. The lowest BCUT2D eigenvalue weighted by Gasteiger charge is -2.21. The third kappa shape index (κ3) is 2.54. The van der Waals surface area contributed by atoms with Crippen molar-refractivity contribution < 1.29 is 14.6 Å². The van der Waals surface area contributed by atoms with E-state index in [0.29, 0.717) is 4.88 Å². The number of carbonyl (C=O) groups is 1. The number of anilines is 1. The third-order valence-corrected chi connectivity index (χ3v) is 3.64. The summed E-state index contributed by atoms with van der Waals surface area (Å²) in [4.78, 5) is 13.2. The Labute approximate surface area is 98.4 Å². The van der Waals surface area contributed by atoms with Gasteiger partial charge in [0.25, 0.3) is 0 Å². The fourth-order valence-electron chi connectivity index (χ4n) is 1.84. The molecule has 0 saturated carbocycles. The number of rotatable bonds is 4. The Kier molecular flexibility index (Phi) is 3.46. The minimum absolute atomic E-state index is 0.290. The Bertz CT molecular complexity index is 371. The van der Waals surface area contributed by atoms with Crippen molar-refractivity contribution in [3.05, 3.63) is 16.3 Å². The van der Waals surface area contributed by atoms with Crippen molar-refractivity contribution in [1.82, 2.24) is 0 Å². The number of thiophene rings is 1. The van der Waals surface area contributed by atoms with Crippen molar-refractivity contribution >= 4 is 23.0 Å². The van der Waals surface area contributed by atoms with Crippen molar-refractivity contribution in [3.63, 3.8) is 0 Å². The molecule has 1 N–H and O–H groups in total. The fraction of sp³-hybridized carbons (Fsp3) is 0.545. The Hall–Kier alpha value is -1.07. The molecule has 1 aromatic rings. The molecular weight excluding hydrogens is 226 g/mol. The SMILES string of the molecule is CN(CC1CCCO1)c1csc(C(=O)O)c1. The molecule has 4 nitrogen and oxygen atoms in total. The van der Waals surface area contributed by atoms with Gasteiger partial charge in [0.2, 0.25) is 0 Å². The lowest BCUT2D eigenvalue weighted by atomic mass is 10.2. The summed E-state index contributed by atoms with van der Waals surface area (Å²) >= 11 is 1.26. The Morgan fingerprint density at radius 2 is 2.56 bits per heavy atom. The normalized spacial score (nSPS) is 19.9. The number of hydrogen-bond donors (Lipinski definition) is 1.